The highest BCUT2D eigenvalue weighted by Gasteiger charge is 2.27. The Morgan fingerprint density at radius 1 is 0.656 bits per heavy atom. The summed E-state index contributed by atoms with van der Waals surface area (Å²) in [5.74, 6) is 1.81. The van der Waals surface area contributed by atoms with E-state index in [1.807, 2.05) is 24.3 Å². The zero-order valence-electron chi connectivity index (χ0n) is 20.3. The molecule has 0 fully saturated rings. The second-order valence-electron chi connectivity index (χ2n) is 8.67. The Labute approximate surface area is 194 Å². The second-order valence-corrected chi connectivity index (χ2v) is 8.67. The predicted molar refractivity (Wildman–Crippen MR) is 133 cm³/mol. The molecule has 0 amide bonds. The number of methoxy groups -OCH3 is 1. The maximum absolute atomic E-state index is 8.79. The molecular formula is C28H42O4. The fraction of sp³-hybridized carbons (Fsp3) is 0.571. The molecule has 0 aliphatic heterocycles. The highest BCUT2D eigenvalue weighted by molar-refractivity contribution is 5.64. The van der Waals surface area contributed by atoms with Crippen molar-refractivity contribution >= 4 is 0 Å². The Morgan fingerprint density at radius 3 is 1.66 bits per heavy atom. The van der Waals surface area contributed by atoms with E-state index in [0.29, 0.717) is 13.2 Å². The monoisotopic (exact) mass is 442 g/mol. The first-order valence-electron chi connectivity index (χ1n) is 12.2. The van der Waals surface area contributed by atoms with Crippen molar-refractivity contribution in [2.45, 2.75) is 65.2 Å². The van der Waals surface area contributed by atoms with Gasteiger partial charge in [-0.05, 0) is 61.1 Å². The standard InChI is InChI=1S/C28H42O4/c1-4-28(5-2,22-30-3)23-32-27-18-14-25(15-19-27)24-12-16-26(17-13-24)31-21-11-9-7-6-8-10-20-29/h12-19,29H,4-11,20-23H2,1-3H3. The van der Waals surface area contributed by atoms with Crippen LogP contribution in [-0.2, 0) is 4.74 Å². The van der Waals surface area contributed by atoms with Gasteiger partial charge in [-0.15, -0.1) is 0 Å². The van der Waals surface area contributed by atoms with Gasteiger partial charge in [-0.2, -0.15) is 0 Å². The molecule has 4 heteroatoms. The number of ether oxygens (including phenoxy) is 3. The second kappa shape index (κ2) is 14.9. The topological polar surface area (TPSA) is 47.9 Å². The Hall–Kier alpha value is -2.04. The average Bonchev–Trinajstić information content (AvgIpc) is 2.84. The number of benzene rings is 2. The lowest BCUT2D eigenvalue weighted by Crippen LogP contribution is -2.32. The van der Waals surface area contributed by atoms with Gasteiger partial charge < -0.3 is 19.3 Å². The molecular weight excluding hydrogens is 400 g/mol. The third kappa shape index (κ3) is 8.84. The number of aliphatic hydroxyl groups is 1. The van der Waals surface area contributed by atoms with Crippen molar-refractivity contribution in [3.8, 4) is 22.6 Å². The summed E-state index contributed by atoms with van der Waals surface area (Å²) in [7, 11) is 1.76. The Kier molecular flexibility index (Phi) is 12.2. The fourth-order valence-corrected chi connectivity index (χ4v) is 3.84. The summed E-state index contributed by atoms with van der Waals surface area (Å²) in [6.45, 7) is 6.85. The summed E-state index contributed by atoms with van der Waals surface area (Å²) in [5, 5.41) is 8.79. The molecule has 0 aromatic heterocycles. The maximum Gasteiger partial charge on any atom is 0.119 e. The van der Waals surface area contributed by atoms with Crippen molar-refractivity contribution < 1.29 is 19.3 Å². The van der Waals surface area contributed by atoms with Crippen LogP contribution in [0.5, 0.6) is 11.5 Å². The fourth-order valence-electron chi connectivity index (χ4n) is 3.84. The zero-order valence-corrected chi connectivity index (χ0v) is 20.3. The molecule has 0 unspecified atom stereocenters. The summed E-state index contributed by atoms with van der Waals surface area (Å²) in [6.07, 6.45) is 8.79. The average molecular weight is 443 g/mol. The molecule has 2 aromatic rings. The van der Waals surface area contributed by atoms with Crippen LogP contribution in [0.15, 0.2) is 48.5 Å². The van der Waals surface area contributed by atoms with E-state index in [0.717, 1.165) is 56.8 Å². The number of hydrogen-bond donors (Lipinski definition) is 1. The van der Waals surface area contributed by atoms with E-state index in [1.165, 1.54) is 30.4 Å². The summed E-state index contributed by atoms with van der Waals surface area (Å²) in [4.78, 5) is 0. The van der Waals surface area contributed by atoms with Gasteiger partial charge in [0, 0.05) is 19.1 Å². The largest absolute Gasteiger partial charge is 0.494 e. The van der Waals surface area contributed by atoms with Crippen LogP contribution in [0, 0.1) is 5.41 Å². The van der Waals surface area contributed by atoms with Crippen LogP contribution in [0.25, 0.3) is 11.1 Å². The van der Waals surface area contributed by atoms with E-state index in [9.17, 15) is 0 Å². The molecule has 178 valence electrons. The van der Waals surface area contributed by atoms with Crippen molar-refractivity contribution in [1.82, 2.24) is 0 Å². The SMILES string of the molecule is CCC(CC)(COC)COc1ccc(-c2ccc(OCCCCCCCCO)cc2)cc1. The third-order valence-electron chi connectivity index (χ3n) is 6.36. The van der Waals surface area contributed by atoms with Gasteiger partial charge in [0.1, 0.15) is 11.5 Å². The highest BCUT2D eigenvalue weighted by Crippen LogP contribution is 2.29. The van der Waals surface area contributed by atoms with Gasteiger partial charge in [0.2, 0.25) is 0 Å². The van der Waals surface area contributed by atoms with Crippen molar-refractivity contribution in [2.75, 3.05) is 33.5 Å². The van der Waals surface area contributed by atoms with Gasteiger partial charge >= 0.3 is 0 Å². The van der Waals surface area contributed by atoms with Crippen LogP contribution in [0.3, 0.4) is 0 Å². The molecule has 0 saturated heterocycles. The first kappa shape index (κ1) is 26.2. The van der Waals surface area contributed by atoms with Crippen LogP contribution in [0.1, 0.15) is 65.2 Å². The normalized spacial score (nSPS) is 11.5. The Balaban J connectivity index is 1.78. The molecule has 0 radical (unpaired) electrons. The molecule has 4 nitrogen and oxygen atoms in total. The van der Waals surface area contributed by atoms with E-state index in [4.69, 9.17) is 19.3 Å². The van der Waals surface area contributed by atoms with E-state index < -0.39 is 0 Å². The summed E-state index contributed by atoms with van der Waals surface area (Å²) in [6, 6.07) is 16.6. The predicted octanol–water partition coefficient (Wildman–Crippen LogP) is 6.90. The van der Waals surface area contributed by atoms with E-state index >= 15 is 0 Å². The molecule has 2 rings (SSSR count). The first-order chi connectivity index (χ1) is 15.7. The Morgan fingerprint density at radius 2 is 1.16 bits per heavy atom. The van der Waals surface area contributed by atoms with Crippen LogP contribution in [-0.4, -0.2) is 38.6 Å². The molecule has 0 bridgehead atoms. The molecule has 1 N–H and O–H groups in total. The summed E-state index contributed by atoms with van der Waals surface area (Å²) >= 11 is 0. The van der Waals surface area contributed by atoms with Crippen molar-refractivity contribution in [3.05, 3.63) is 48.5 Å². The van der Waals surface area contributed by atoms with Gasteiger partial charge in [0.25, 0.3) is 0 Å². The lowest BCUT2D eigenvalue weighted by atomic mass is 9.84. The van der Waals surface area contributed by atoms with Crippen LogP contribution in [0.2, 0.25) is 0 Å². The van der Waals surface area contributed by atoms with E-state index in [2.05, 4.69) is 38.1 Å². The number of unbranched alkanes of at least 4 members (excludes halogenated alkanes) is 5. The molecule has 0 aliphatic rings. The third-order valence-corrected chi connectivity index (χ3v) is 6.36. The highest BCUT2D eigenvalue weighted by atomic mass is 16.5. The lowest BCUT2D eigenvalue weighted by Gasteiger charge is -2.30. The van der Waals surface area contributed by atoms with Gasteiger partial charge in [-0.1, -0.05) is 63.8 Å². The molecule has 32 heavy (non-hydrogen) atoms. The molecule has 0 atom stereocenters. The van der Waals surface area contributed by atoms with Gasteiger partial charge in [0.15, 0.2) is 0 Å². The zero-order chi connectivity index (χ0) is 23.1. The minimum absolute atomic E-state index is 0.0726. The van der Waals surface area contributed by atoms with Crippen LogP contribution < -0.4 is 9.47 Å². The smallest absolute Gasteiger partial charge is 0.119 e. The number of rotatable bonds is 17. The van der Waals surface area contributed by atoms with Crippen molar-refractivity contribution in [2.24, 2.45) is 5.41 Å². The van der Waals surface area contributed by atoms with Crippen LogP contribution >= 0.6 is 0 Å². The van der Waals surface area contributed by atoms with Crippen LogP contribution in [0.4, 0.5) is 0 Å². The van der Waals surface area contributed by atoms with E-state index in [-0.39, 0.29) is 5.41 Å². The molecule has 0 spiro atoms. The summed E-state index contributed by atoms with van der Waals surface area (Å²) in [5.41, 5.74) is 2.41. The number of hydrogen-bond acceptors (Lipinski definition) is 4. The minimum atomic E-state index is 0.0726. The van der Waals surface area contributed by atoms with E-state index in [1.54, 1.807) is 7.11 Å². The van der Waals surface area contributed by atoms with Gasteiger partial charge in [0.05, 0.1) is 19.8 Å². The molecule has 2 aromatic carbocycles. The van der Waals surface area contributed by atoms with Crippen molar-refractivity contribution in [1.29, 1.82) is 0 Å². The quantitative estimate of drug-likeness (QED) is 0.271. The summed E-state index contributed by atoms with van der Waals surface area (Å²) < 4.78 is 17.4. The number of aliphatic hydroxyl groups excluding tert-OH is 1. The molecule has 0 heterocycles. The van der Waals surface area contributed by atoms with Gasteiger partial charge in [-0.25, -0.2) is 0 Å². The molecule has 0 aliphatic carbocycles. The Bertz CT molecular complexity index is 720. The van der Waals surface area contributed by atoms with Crippen molar-refractivity contribution in [3.63, 3.8) is 0 Å². The first-order valence-corrected chi connectivity index (χ1v) is 12.2. The minimum Gasteiger partial charge on any atom is -0.494 e. The lowest BCUT2D eigenvalue weighted by molar-refractivity contribution is 0.0322. The maximum atomic E-state index is 8.79. The van der Waals surface area contributed by atoms with Gasteiger partial charge in [-0.3, -0.25) is 0 Å². The molecule has 0 saturated carbocycles.